The Hall–Kier alpha value is -1.75. The van der Waals surface area contributed by atoms with E-state index in [1.807, 2.05) is 39.8 Å². The van der Waals surface area contributed by atoms with Crippen molar-refractivity contribution in [3.8, 4) is 5.75 Å². The molecule has 0 N–H and O–H groups in total. The third-order valence-corrected chi connectivity index (χ3v) is 4.69. The molecule has 2 atom stereocenters. The first-order chi connectivity index (χ1) is 11.2. The number of carbonyl (C=O) groups excluding carboxylic acids is 1. The van der Waals surface area contributed by atoms with Crippen LogP contribution in [0.5, 0.6) is 5.75 Å². The minimum absolute atomic E-state index is 0.133. The van der Waals surface area contributed by atoms with Crippen LogP contribution in [0.4, 0.5) is 4.79 Å². The topological polar surface area (TPSA) is 48.0 Å². The van der Waals surface area contributed by atoms with Crippen molar-refractivity contribution in [3.63, 3.8) is 0 Å². The van der Waals surface area contributed by atoms with Gasteiger partial charge in [0.1, 0.15) is 11.4 Å². The molecule has 1 aromatic rings. The molecule has 1 saturated heterocycles. The van der Waals surface area contributed by atoms with Crippen molar-refractivity contribution in [2.24, 2.45) is 0 Å². The van der Waals surface area contributed by atoms with Gasteiger partial charge in [0, 0.05) is 18.0 Å². The summed E-state index contributed by atoms with van der Waals surface area (Å²) in [5.41, 5.74) is 1.45. The molecule has 0 bridgehead atoms. The van der Waals surface area contributed by atoms with Gasteiger partial charge in [0.2, 0.25) is 0 Å². The first-order valence-corrected chi connectivity index (χ1v) is 8.60. The summed E-state index contributed by atoms with van der Waals surface area (Å²) in [6.45, 7) is 12.0. The van der Waals surface area contributed by atoms with Crippen LogP contribution in [0.15, 0.2) is 18.2 Å². The minimum Gasteiger partial charge on any atom is -0.493 e. The Kier molecular flexibility index (Phi) is 4.24. The number of likely N-dealkylation sites (tertiary alicyclic amines) is 1. The van der Waals surface area contributed by atoms with Gasteiger partial charge in [0.25, 0.3) is 0 Å². The molecule has 24 heavy (non-hydrogen) atoms. The number of carbonyl (C=O) groups is 1. The Bertz CT molecular complexity index is 637. The molecule has 3 rings (SSSR count). The lowest BCUT2D eigenvalue weighted by Gasteiger charge is -2.37. The van der Waals surface area contributed by atoms with E-state index in [9.17, 15) is 4.79 Å². The summed E-state index contributed by atoms with van der Waals surface area (Å²) in [4.78, 5) is 14.2. The predicted octanol–water partition coefficient (Wildman–Crippen LogP) is 3.71. The van der Waals surface area contributed by atoms with E-state index in [1.165, 1.54) is 5.56 Å². The highest BCUT2D eigenvalue weighted by Crippen LogP contribution is 2.46. The number of rotatable bonds is 2. The number of hydrogen-bond donors (Lipinski definition) is 0. The first kappa shape index (κ1) is 17.1. The Labute approximate surface area is 143 Å². The zero-order chi connectivity index (χ0) is 17.5. The molecule has 0 aromatic heterocycles. The van der Waals surface area contributed by atoms with Gasteiger partial charge in [-0.05, 0) is 46.2 Å². The molecule has 1 aromatic carbocycles. The highest BCUT2D eigenvalue weighted by molar-refractivity contribution is 5.69. The second-order valence-corrected chi connectivity index (χ2v) is 7.77. The molecule has 5 heteroatoms. The quantitative estimate of drug-likeness (QED) is 0.828. The fourth-order valence-electron chi connectivity index (χ4n) is 3.60. The Morgan fingerprint density at radius 3 is 2.83 bits per heavy atom. The molecule has 0 radical (unpaired) electrons. The SMILES string of the molecule is CCOc1cccc2c1COC1(C)CN(C(=O)OC(C)(C)C)C[C@@H]21. The van der Waals surface area contributed by atoms with E-state index in [-0.39, 0.29) is 17.6 Å². The van der Waals surface area contributed by atoms with Gasteiger partial charge in [-0.25, -0.2) is 4.79 Å². The summed E-state index contributed by atoms with van der Waals surface area (Å²) in [7, 11) is 0. The average molecular weight is 333 g/mol. The summed E-state index contributed by atoms with van der Waals surface area (Å²) in [6, 6.07) is 6.13. The fraction of sp³-hybridized carbons (Fsp3) is 0.632. The number of hydrogen-bond acceptors (Lipinski definition) is 4. The van der Waals surface area contributed by atoms with Gasteiger partial charge in [0.05, 0.1) is 25.4 Å². The van der Waals surface area contributed by atoms with Crippen LogP contribution in [-0.2, 0) is 16.1 Å². The van der Waals surface area contributed by atoms with Gasteiger partial charge in [-0.3, -0.25) is 0 Å². The van der Waals surface area contributed by atoms with E-state index in [2.05, 4.69) is 13.0 Å². The molecule has 0 spiro atoms. The third kappa shape index (κ3) is 3.09. The molecule has 5 nitrogen and oxygen atoms in total. The predicted molar refractivity (Wildman–Crippen MR) is 91.4 cm³/mol. The summed E-state index contributed by atoms with van der Waals surface area (Å²) in [6.07, 6.45) is -0.274. The molecule has 2 aliphatic heterocycles. The smallest absolute Gasteiger partial charge is 0.410 e. The van der Waals surface area contributed by atoms with Crippen molar-refractivity contribution >= 4 is 6.09 Å². The highest BCUT2D eigenvalue weighted by atomic mass is 16.6. The molecule has 0 saturated carbocycles. The lowest BCUT2D eigenvalue weighted by atomic mass is 9.81. The average Bonchev–Trinajstić information content (AvgIpc) is 2.84. The molecule has 132 valence electrons. The Balaban J connectivity index is 1.86. The number of nitrogens with zero attached hydrogens (tertiary/aromatic N) is 1. The fourth-order valence-corrected chi connectivity index (χ4v) is 3.60. The minimum atomic E-state index is -0.493. The van der Waals surface area contributed by atoms with Crippen LogP contribution in [0.2, 0.25) is 0 Å². The van der Waals surface area contributed by atoms with E-state index >= 15 is 0 Å². The summed E-state index contributed by atoms with van der Waals surface area (Å²) < 4.78 is 17.5. The largest absolute Gasteiger partial charge is 0.493 e. The van der Waals surface area contributed by atoms with E-state index in [0.717, 1.165) is 11.3 Å². The van der Waals surface area contributed by atoms with Gasteiger partial charge in [-0.1, -0.05) is 12.1 Å². The molecule has 1 amide bonds. The van der Waals surface area contributed by atoms with E-state index in [4.69, 9.17) is 14.2 Å². The van der Waals surface area contributed by atoms with Gasteiger partial charge in [-0.15, -0.1) is 0 Å². The maximum atomic E-state index is 12.5. The van der Waals surface area contributed by atoms with E-state index in [0.29, 0.717) is 26.3 Å². The summed E-state index contributed by atoms with van der Waals surface area (Å²) in [5.74, 6) is 1.02. The van der Waals surface area contributed by atoms with Crippen LogP contribution in [0.1, 0.15) is 51.7 Å². The van der Waals surface area contributed by atoms with Crippen LogP contribution < -0.4 is 4.74 Å². The van der Waals surface area contributed by atoms with Crippen LogP contribution in [-0.4, -0.2) is 41.9 Å². The second-order valence-electron chi connectivity index (χ2n) is 7.77. The van der Waals surface area contributed by atoms with E-state index < -0.39 is 5.60 Å². The van der Waals surface area contributed by atoms with Crippen LogP contribution in [0.3, 0.4) is 0 Å². The van der Waals surface area contributed by atoms with E-state index in [1.54, 1.807) is 4.90 Å². The monoisotopic (exact) mass is 333 g/mol. The molecule has 1 fully saturated rings. The molecule has 2 aliphatic rings. The number of ether oxygens (including phenoxy) is 3. The van der Waals surface area contributed by atoms with Gasteiger partial charge >= 0.3 is 6.09 Å². The lowest BCUT2D eigenvalue weighted by Crippen LogP contribution is -2.41. The maximum Gasteiger partial charge on any atom is 0.410 e. The number of amides is 1. The number of fused-ring (bicyclic) bond motifs is 3. The molecule has 1 unspecified atom stereocenters. The third-order valence-electron chi connectivity index (χ3n) is 4.69. The van der Waals surface area contributed by atoms with Gasteiger partial charge < -0.3 is 19.1 Å². The van der Waals surface area contributed by atoms with Gasteiger partial charge in [-0.2, -0.15) is 0 Å². The molecular formula is C19H27NO4. The zero-order valence-corrected chi connectivity index (χ0v) is 15.2. The molecule has 2 heterocycles. The molecular weight excluding hydrogens is 306 g/mol. The summed E-state index contributed by atoms with van der Waals surface area (Å²) >= 11 is 0. The van der Waals surface area contributed by atoms with Crippen LogP contribution in [0.25, 0.3) is 0 Å². The van der Waals surface area contributed by atoms with Crippen molar-refractivity contribution in [2.75, 3.05) is 19.7 Å². The second kappa shape index (κ2) is 5.96. The Morgan fingerprint density at radius 2 is 2.17 bits per heavy atom. The van der Waals surface area contributed by atoms with Crippen molar-refractivity contribution in [3.05, 3.63) is 29.3 Å². The zero-order valence-electron chi connectivity index (χ0n) is 15.2. The first-order valence-electron chi connectivity index (χ1n) is 8.60. The maximum absolute atomic E-state index is 12.5. The normalized spacial score (nSPS) is 25.9. The van der Waals surface area contributed by atoms with Gasteiger partial charge in [0.15, 0.2) is 0 Å². The van der Waals surface area contributed by atoms with Crippen molar-refractivity contribution in [1.29, 1.82) is 0 Å². The highest BCUT2D eigenvalue weighted by Gasteiger charge is 2.50. The number of benzene rings is 1. The lowest BCUT2D eigenvalue weighted by molar-refractivity contribution is -0.0583. The van der Waals surface area contributed by atoms with Crippen molar-refractivity contribution < 1.29 is 19.0 Å². The standard InChI is InChI=1S/C19H27NO4/c1-6-22-16-9-7-8-13-14(16)11-23-19(5)12-20(10-15(13)19)17(21)24-18(2,3)4/h7-9,15H,6,10-12H2,1-5H3/t15-,19?/m0/s1. The summed E-state index contributed by atoms with van der Waals surface area (Å²) in [5, 5.41) is 0. The van der Waals surface area contributed by atoms with Crippen molar-refractivity contribution in [1.82, 2.24) is 4.90 Å². The Morgan fingerprint density at radius 1 is 1.42 bits per heavy atom. The van der Waals surface area contributed by atoms with Crippen LogP contribution in [0, 0.1) is 0 Å². The van der Waals surface area contributed by atoms with Crippen LogP contribution >= 0.6 is 0 Å². The molecule has 0 aliphatic carbocycles. The van der Waals surface area contributed by atoms with Crippen molar-refractivity contribution in [2.45, 2.75) is 58.3 Å².